The van der Waals surface area contributed by atoms with Gasteiger partial charge in [-0.05, 0) is 51.4 Å². The number of unbranched alkanes of at least 4 members (excludes halogenated alkanes) is 23. The molecule has 0 aromatic rings. The minimum atomic E-state index is -0.782. The van der Waals surface area contributed by atoms with Crippen LogP contribution in [0.2, 0.25) is 0 Å². The Morgan fingerprint density at radius 3 is 1.52 bits per heavy atom. The summed E-state index contributed by atoms with van der Waals surface area (Å²) in [5, 5.41) is 23.5. The Morgan fingerprint density at radius 2 is 1.00 bits per heavy atom. The SMILES string of the molecule is CCCCC/C=C\CCCCCC(CC(=O)NC(CO)C(O)CCCCCCCCCCCC)OC(=O)CCCCCCCCCCC. The van der Waals surface area contributed by atoms with E-state index in [1.54, 1.807) is 0 Å². The third-order valence-electron chi connectivity index (χ3n) is 9.59. The van der Waals surface area contributed by atoms with Gasteiger partial charge in [-0.25, -0.2) is 0 Å². The summed E-state index contributed by atoms with van der Waals surface area (Å²) in [5.41, 5.74) is 0. The summed E-state index contributed by atoms with van der Waals surface area (Å²) in [6, 6.07) is -0.696. The predicted molar refractivity (Wildman–Crippen MR) is 204 cm³/mol. The van der Waals surface area contributed by atoms with Crippen molar-refractivity contribution in [3.8, 4) is 0 Å². The van der Waals surface area contributed by atoms with Crippen molar-refractivity contribution in [1.29, 1.82) is 0 Å². The molecule has 1 amide bonds. The highest BCUT2D eigenvalue weighted by Crippen LogP contribution is 2.17. The van der Waals surface area contributed by atoms with Crippen LogP contribution in [0.1, 0.15) is 220 Å². The first kappa shape index (κ1) is 46.6. The molecule has 284 valence electrons. The van der Waals surface area contributed by atoms with Gasteiger partial charge in [-0.1, -0.05) is 168 Å². The number of hydrogen-bond acceptors (Lipinski definition) is 5. The molecule has 48 heavy (non-hydrogen) atoms. The fraction of sp³-hybridized carbons (Fsp3) is 0.905. The molecule has 0 saturated carbocycles. The molecule has 0 fully saturated rings. The van der Waals surface area contributed by atoms with Crippen LogP contribution in [0.5, 0.6) is 0 Å². The average Bonchev–Trinajstić information content (AvgIpc) is 3.07. The van der Waals surface area contributed by atoms with Crippen molar-refractivity contribution in [3.63, 3.8) is 0 Å². The Bertz CT molecular complexity index is 727. The van der Waals surface area contributed by atoms with Crippen molar-refractivity contribution < 1.29 is 24.5 Å². The minimum Gasteiger partial charge on any atom is -0.462 e. The summed E-state index contributed by atoms with van der Waals surface area (Å²) in [6.07, 6.45) is 37.0. The molecular formula is C42H81NO5. The predicted octanol–water partition coefficient (Wildman–Crippen LogP) is 11.4. The standard InChI is InChI=1S/C42H81NO5/c1-4-7-10-13-16-19-22-24-27-30-33-38(48-42(47)35-32-29-26-21-18-15-12-9-6-3)36-41(46)43-39(37-44)40(45)34-31-28-25-23-20-17-14-11-8-5-2/h16,19,38-40,44-45H,4-15,17-18,20-37H2,1-3H3,(H,43,46)/b19-16-. The molecule has 6 heteroatoms. The smallest absolute Gasteiger partial charge is 0.306 e. The number of carbonyl (C=O) groups is 2. The highest BCUT2D eigenvalue weighted by molar-refractivity contribution is 5.77. The molecule has 0 spiro atoms. The van der Waals surface area contributed by atoms with E-state index in [0.717, 1.165) is 70.6 Å². The first-order valence-electron chi connectivity index (χ1n) is 20.9. The fourth-order valence-corrected chi connectivity index (χ4v) is 6.36. The van der Waals surface area contributed by atoms with E-state index in [4.69, 9.17) is 4.74 Å². The van der Waals surface area contributed by atoms with Crippen molar-refractivity contribution >= 4 is 11.9 Å². The molecule has 6 nitrogen and oxygen atoms in total. The van der Waals surface area contributed by atoms with Gasteiger partial charge >= 0.3 is 5.97 Å². The summed E-state index contributed by atoms with van der Waals surface area (Å²) in [7, 11) is 0. The maximum Gasteiger partial charge on any atom is 0.306 e. The van der Waals surface area contributed by atoms with E-state index in [1.165, 1.54) is 103 Å². The molecule has 0 heterocycles. The first-order valence-corrected chi connectivity index (χ1v) is 20.9. The van der Waals surface area contributed by atoms with Crippen molar-refractivity contribution in [3.05, 3.63) is 12.2 Å². The molecule has 0 radical (unpaired) electrons. The quantitative estimate of drug-likeness (QED) is 0.0345. The van der Waals surface area contributed by atoms with Gasteiger partial charge in [-0.2, -0.15) is 0 Å². The van der Waals surface area contributed by atoms with Gasteiger partial charge in [-0.15, -0.1) is 0 Å². The van der Waals surface area contributed by atoms with Gasteiger partial charge in [0, 0.05) is 6.42 Å². The number of ether oxygens (including phenoxy) is 1. The van der Waals surface area contributed by atoms with Crippen LogP contribution < -0.4 is 5.32 Å². The summed E-state index contributed by atoms with van der Waals surface area (Å²) in [5.74, 6) is -0.488. The van der Waals surface area contributed by atoms with Gasteiger partial charge in [0.05, 0.1) is 25.2 Å². The summed E-state index contributed by atoms with van der Waals surface area (Å²) in [4.78, 5) is 25.8. The summed E-state index contributed by atoms with van der Waals surface area (Å²) in [6.45, 7) is 6.40. The third kappa shape index (κ3) is 31.8. The highest BCUT2D eigenvalue weighted by Gasteiger charge is 2.24. The van der Waals surface area contributed by atoms with Crippen LogP contribution in [-0.4, -0.2) is 46.9 Å². The normalized spacial score (nSPS) is 13.5. The van der Waals surface area contributed by atoms with E-state index in [0.29, 0.717) is 19.3 Å². The van der Waals surface area contributed by atoms with E-state index in [9.17, 15) is 19.8 Å². The number of nitrogens with one attached hydrogen (secondary N) is 1. The largest absolute Gasteiger partial charge is 0.462 e. The molecular weight excluding hydrogens is 598 g/mol. The summed E-state index contributed by atoms with van der Waals surface area (Å²) >= 11 is 0. The van der Waals surface area contributed by atoms with Crippen LogP contribution in [0.25, 0.3) is 0 Å². The Morgan fingerprint density at radius 1 is 0.583 bits per heavy atom. The van der Waals surface area contributed by atoms with Crippen LogP contribution in [0.3, 0.4) is 0 Å². The number of allylic oxidation sites excluding steroid dienone is 2. The molecule has 0 saturated heterocycles. The van der Waals surface area contributed by atoms with Crippen molar-refractivity contribution in [2.24, 2.45) is 0 Å². The van der Waals surface area contributed by atoms with Gasteiger partial charge in [0.1, 0.15) is 6.10 Å². The molecule has 3 N–H and O–H groups in total. The molecule has 0 aliphatic heterocycles. The second kappa shape index (κ2) is 36.9. The number of aliphatic hydroxyl groups is 2. The molecule has 0 aliphatic rings. The number of rotatable bonds is 37. The molecule has 0 rings (SSSR count). The van der Waals surface area contributed by atoms with Crippen molar-refractivity contribution in [2.75, 3.05) is 6.61 Å². The second-order valence-corrected chi connectivity index (χ2v) is 14.4. The lowest BCUT2D eigenvalue weighted by Crippen LogP contribution is -2.46. The zero-order valence-electron chi connectivity index (χ0n) is 32.1. The lowest BCUT2D eigenvalue weighted by Gasteiger charge is -2.24. The van der Waals surface area contributed by atoms with E-state index < -0.39 is 18.2 Å². The maximum atomic E-state index is 13.0. The second-order valence-electron chi connectivity index (χ2n) is 14.4. The number of carbonyl (C=O) groups excluding carboxylic acids is 2. The molecule has 0 bridgehead atoms. The van der Waals surface area contributed by atoms with Crippen LogP contribution >= 0.6 is 0 Å². The molecule has 3 unspecified atom stereocenters. The van der Waals surface area contributed by atoms with Crippen molar-refractivity contribution in [2.45, 2.75) is 238 Å². The highest BCUT2D eigenvalue weighted by atomic mass is 16.5. The zero-order chi connectivity index (χ0) is 35.3. The van der Waals surface area contributed by atoms with E-state index in [-0.39, 0.29) is 24.9 Å². The zero-order valence-corrected chi connectivity index (χ0v) is 32.1. The topological polar surface area (TPSA) is 95.9 Å². The number of esters is 1. The first-order chi connectivity index (χ1) is 23.5. The van der Waals surface area contributed by atoms with Gasteiger partial charge < -0.3 is 20.3 Å². The number of amides is 1. The Labute approximate surface area is 298 Å². The third-order valence-corrected chi connectivity index (χ3v) is 9.59. The van der Waals surface area contributed by atoms with Gasteiger partial charge in [0.2, 0.25) is 5.91 Å². The molecule has 0 aromatic carbocycles. The van der Waals surface area contributed by atoms with E-state index >= 15 is 0 Å². The monoisotopic (exact) mass is 680 g/mol. The van der Waals surface area contributed by atoms with Crippen LogP contribution in [0.4, 0.5) is 0 Å². The van der Waals surface area contributed by atoms with Gasteiger partial charge in [0.25, 0.3) is 0 Å². The van der Waals surface area contributed by atoms with Gasteiger partial charge in [0.15, 0.2) is 0 Å². The maximum absolute atomic E-state index is 13.0. The lowest BCUT2D eigenvalue weighted by atomic mass is 10.0. The Kier molecular flexibility index (Phi) is 35.8. The van der Waals surface area contributed by atoms with Crippen molar-refractivity contribution in [1.82, 2.24) is 5.32 Å². The van der Waals surface area contributed by atoms with E-state index in [1.807, 2.05) is 0 Å². The molecule has 3 atom stereocenters. The lowest BCUT2D eigenvalue weighted by molar-refractivity contribution is -0.151. The molecule has 0 aliphatic carbocycles. The fourth-order valence-electron chi connectivity index (χ4n) is 6.36. The van der Waals surface area contributed by atoms with Crippen LogP contribution in [0, 0.1) is 0 Å². The molecule has 0 aromatic heterocycles. The number of aliphatic hydroxyl groups excluding tert-OH is 2. The van der Waals surface area contributed by atoms with Gasteiger partial charge in [-0.3, -0.25) is 9.59 Å². The minimum absolute atomic E-state index is 0.0717. The van der Waals surface area contributed by atoms with Crippen LogP contribution in [-0.2, 0) is 14.3 Å². The van der Waals surface area contributed by atoms with E-state index in [2.05, 4.69) is 38.2 Å². The number of hydrogen-bond donors (Lipinski definition) is 3. The average molecular weight is 680 g/mol. The van der Waals surface area contributed by atoms with Crippen LogP contribution in [0.15, 0.2) is 12.2 Å². The summed E-state index contributed by atoms with van der Waals surface area (Å²) < 4.78 is 5.85. The Balaban J connectivity index is 4.59. The Hall–Kier alpha value is -1.40.